The van der Waals surface area contributed by atoms with Crippen LogP contribution in [0.25, 0.3) is 0 Å². The van der Waals surface area contributed by atoms with Gasteiger partial charge in [0.05, 0.1) is 12.2 Å². The first-order chi connectivity index (χ1) is 11.8. The fraction of sp³-hybridized carbons (Fsp3) is 0.952. The molecule has 0 aromatic heterocycles. The summed E-state index contributed by atoms with van der Waals surface area (Å²) in [6, 6.07) is 0. The molecule has 25 heavy (non-hydrogen) atoms. The van der Waals surface area contributed by atoms with Crippen LogP contribution in [0.4, 0.5) is 0 Å². The maximum Gasteiger partial charge on any atom is 0.161 e. The van der Waals surface area contributed by atoms with Crippen LogP contribution in [-0.2, 0) is 4.79 Å². The number of hydrogen-bond donors (Lipinski definition) is 3. The lowest BCUT2D eigenvalue weighted by molar-refractivity contribution is -0.179. The lowest BCUT2D eigenvalue weighted by atomic mass is 9.44. The van der Waals surface area contributed by atoms with E-state index in [9.17, 15) is 20.1 Å². The van der Waals surface area contributed by atoms with E-state index in [1.54, 1.807) is 0 Å². The van der Waals surface area contributed by atoms with Crippen molar-refractivity contribution in [3.63, 3.8) is 0 Å². The Morgan fingerprint density at radius 3 is 2.52 bits per heavy atom. The Hall–Kier alpha value is -0.450. The smallest absolute Gasteiger partial charge is 0.161 e. The zero-order valence-electron chi connectivity index (χ0n) is 15.7. The Morgan fingerprint density at radius 1 is 1.04 bits per heavy atom. The quantitative estimate of drug-likeness (QED) is 0.715. The Labute approximate surface area is 151 Å². The molecule has 4 fully saturated rings. The van der Waals surface area contributed by atoms with Gasteiger partial charge in [0.1, 0.15) is 6.61 Å². The van der Waals surface area contributed by atoms with Crippen LogP contribution in [0.1, 0.15) is 65.2 Å². The summed E-state index contributed by atoms with van der Waals surface area (Å²) in [7, 11) is 0. The molecule has 142 valence electrons. The molecule has 4 rings (SSSR count). The van der Waals surface area contributed by atoms with Gasteiger partial charge < -0.3 is 15.3 Å². The molecule has 0 bridgehead atoms. The Morgan fingerprint density at radius 2 is 1.80 bits per heavy atom. The number of fused-ring (bicyclic) bond motifs is 5. The lowest BCUT2D eigenvalue weighted by Crippen LogP contribution is -2.59. The maximum absolute atomic E-state index is 12.3. The molecule has 9 atom stereocenters. The molecule has 3 N–H and O–H groups in total. The van der Waals surface area contributed by atoms with E-state index >= 15 is 0 Å². The Balaban J connectivity index is 1.65. The zero-order valence-corrected chi connectivity index (χ0v) is 15.7. The van der Waals surface area contributed by atoms with Crippen LogP contribution in [0, 0.1) is 40.4 Å². The summed E-state index contributed by atoms with van der Waals surface area (Å²) in [5.74, 6) is 1.69. The molecule has 0 radical (unpaired) electrons. The summed E-state index contributed by atoms with van der Waals surface area (Å²) in [6.07, 6.45) is 7.12. The fourth-order valence-electron chi connectivity index (χ4n) is 8.00. The molecule has 0 saturated heterocycles. The van der Waals surface area contributed by atoms with Gasteiger partial charge in [0.25, 0.3) is 0 Å². The largest absolute Gasteiger partial charge is 0.393 e. The highest BCUT2D eigenvalue weighted by Gasteiger charge is 2.63. The second-order valence-corrected chi connectivity index (χ2v) is 10.0. The number of carbonyl (C=O) groups is 1. The van der Waals surface area contributed by atoms with Crippen LogP contribution < -0.4 is 0 Å². The van der Waals surface area contributed by atoms with Crippen molar-refractivity contribution in [1.29, 1.82) is 0 Å². The Bertz CT molecular complexity index is 548. The van der Waals surface area contributed by atoms with Gasteiger partial charge >= 0.3 is 0 Å². The minimum atomic E-state index is -0.366. The van der Waals surface area contributed by atoms with Crippen molar-refractivity contribution >= 4 is 5.78 Å². The SMILES string of the molecule is C[C@]12CC[C@H](O)C[C@@H]1CC[C@@H]1[C@@H]2[C@@H](O)C[C@]2(C)[C@@H](C(=O)CO)CC[C@@H]12. The summed E-state index contributed by atoms with van der Waals surface area (Å²) < 4.78 is 0. The van der Waals surface area contributed by atoms with Gasteiger partial charge in [-0.2, -0.15) is 0 Å². The minimum absolute atomic E-state index is 0.0312. The standard InChI is InChI=1S/C21H34O4/c1-20-8-7-13(23)9-12(20)3-4-14-15-5-6-16(18(25)11-22)21(15,2)10-17(24)19(14)20/h12-17,19,22-24H,3-11H2,1-2H3/t12-,13-,14-,15-,16+,17-,19+,20-,21-/m0/s1. The molecule has 0 aromatic rings. The summed E-state index contributed by atoms with van der Waals surface area (Å²) >= 11 is 0. The van der Waals surface area contributed by atoms with Crippen molar-refractivity contribution in [3.05, 3.63) is 0 Å². The number of rotatable bonds is 2. The molecule has 4 nitrogen and oxygen atoms in total. The first-order valence-electron chi connectivity index (χ1n) is 10.3. The van der Waals surface area contributed by atoms with Crippen LogP contribution in [0.15, 0.2) is 0 Å². The van der Waals surface area contributed by atoms with Crippen LogP contribution in [-0.4, -0.2) is 39.9 Å². The average Bonchev–Trinajstić information content (AvgIpc) is 2.91. The molecule has 0 heterocycles. The van der Waals surface area contributed by atoms with Gasteiger partial charge in [-0.1, -0.05) is 13.8 Å². The van der Waals surface area contributed by atoms with Crippen LogP contribution in [0.2, 0.25) is 0 Å². The molecule has 4 saturated carbocycles. The molecule has 4 aliphatic rings. The third-order valence-electron chi connectivity index (χ3n) is 9.11. The summed E-state index contributed by atoms with van der Waals surface area (Å²) in [5.41, 5.74) is -0.0280. The normalized spacial score (nSPS) is 55.2. The molecule has 0 unspecified atom stereocenters. The van der Waals surface area contributed by atoms with Crippen molar-refractivity contribution in [2.24, 2.45) is 40.4 Å². The second kappa shape index (κ2) is 6.03. The minimum Gasteiger partial charge on any atom is -0.393 e. The van der Waals surface area contributed by atoms with Crippen molar-refractivity contribution in [2.45, 2.75) is 77.4 Å². The van der Waals surface area contributed by atoms with Gasteiger partial charge in [-0.3, -0.25) is 4.79 Å². The highest BCUT2D eigenvalue weighted by Crippen LogP contribution is 2.67. The van der Waals surface area contributed by atoms with Gasteiger partial charge in [0.2, 0.25) is 0 Å². The van der Waals surface area contributed by atoms with Gasteiger partial charge in [-0.25, -0.2) is 0 Å². The summed E-state index contributed by atoms with van der Waals surface area (Å²) in [5, 5.41) is 30.7. The van der Waals surface area contributed by atoms with Crippen molar-refractivity contribution < 1.29 is 20.1 Å². The van der Waals surface area contributed by atoms with E-state index in [0.29, 0.717) is 30.1 Å². The summed E-state index contributed by atoms with van der Waals surface area (Å²) in [6.45, 7) is 4.19. The Kier molecular flexibility index (Phi) is 4.33. The predicted octanol–water partition coefficient (Wildman–Crippen LogP) is 2.54. The van der Waals surface area contributed by atoms with Crippen LogP contribution in [0.3, 0.4) is 0 Å². The highest BCUT2D eigenvalue weighted by atomic mass is 16.3. The molecule has 0 aliphatic heterocycles. The molecular formula is C21H34O4. The fourth-order valence-corrected chi connectivity index (χ4v) is 8.00. The molecule has 4 heteroatoms. The van der Waals surface area contributed by atoms with Crippen molar-refractivity contribution in [2.75, 3.05) is 6.61 Å². The number of carbonyl (C=O) groups excluding carboxylic acids is 1. The number of hydrogen-bond acceptors (Lipinski definition) is 4. The zero-order chi connectivity index (χ0) is 18.0. The number of aliphatic hydroxyl groups is 3. The molecule has 0 spiro atoms. The second-order valence-electron chi connectivity index (χ2n) is 10.0. The van der Waals surface area contributed by atoms with E-state index in [4.69, 9.17) is 0 Å². The first kappa shape index (κ1) is 17.9. The van der Waals surface area contributed by atoms with E-state index in [0.717, 1.165) is 44.9 Å². The van der Waals surface area contributed by atoms with Crippen molar-refractivity contribution in [3.8, 4) is 0 Å². The van der Waals surface area contributed by atoms with E-state index in [1.165, 1.54) is 0 Å². The number of aliphatic hydroxyl groups excluding tert-OH is 3. The number of Topliss-reactive ketones (excluding diaryl/α,β-unsaturated/α-hetero) is 1. The monoisotopic (exact) mass is 350 g/mol. The van der Waals surface area contributed by atoms with E-state index in [-0.39, 0.29) is 41.3 Å². The van der Waals surface area contributed by atoms with E-state index in [2.05, 4.69) is 13.8 Å². The average molecular weight is 350 g/mol. The lowest BCUT2D eigenvalue weighted by Gasteiger charge is -2.62. The van der Waals surface area contributed by atoms with Crippen LogP contribution >= 0.6 is 0 Å². The molecular weight excluding hydrogens is 316 g/mol. The third-order valence-corrected chi connectivity index (χ3v) is 9.11. The summed E-state index contributed by atoms with van der Waals surface area (Å²) in [4.78, 5) is 12.3. The van der Waals surface area contributed by atoms with E-state index < -0.39 is 0 Å². The topological polar surface area (TPSA) is 77.8 Å². The predicted molar refractivity (Wildman–Crippen MR) is 94.7 cm³/mol. The number of ketones is 1. The van der Waals surface area contributed by atoms with Gasteiger partial charge in [0, 0.05) is 5.92 Å². The van der Waals surface area contributed by atoms with Crippen LogP contribution in [0.5, 0.6) is 0 Å². The third kappa shape index (κ3) is 2.47. The van der Waals surface area contributed by atoms with Gasteiger partial charge in [-0.15, -0.1) is 0 Å². The molecule has 0 amide bonds. The maximum atomic E-state index is 12.3. The molecule has 0 aromatic carbocycles. The van der Waals surface area contributed by atoms with E-state index in [1.807, 2.05) is 0 Å². The first-order valence-corrected chi connectivity index (χ1v) is 10.3. The highest BCUT2D eigenvalue weighted by molar-refractivity contribution is 5.83. The van der Waals surface area contributed by atoms with Gasteiger partial charge in [-0.05, 0) is 85.9 Å². The van der Waals surface area contributed by atoms with Crippen molar-refractivity contribution in [1.82, 2.24) is 0 Å². The molecule has 4 aliphatic carbocycles. The van der Waals surface area contributed by atoms with Gasteiger partial charge in [0.15, 0.2) is 5.78 Å².